The first-order valence-electron chi connectivity index (χ1n) is 13.0. The number of nitrogen functional groups attached to an aromatic ring is 1. The highest BCUT2D eigenvalue weighted by Crippen LogP contribution is 2.24. The van der Waals surface area contributed by atoms with Crippen molar-refractivity contribution in [2.24, 2.45) is 5.92 Å². The molecule has 4 rings (SSSR count). The fourth-order valence-corrected chi connectivity index (χ4v) is 6.10. The van der Waals surface area contributed by atoms with Crippen LogP contribution in [0, 0.1) is 5.92 Å². The number of hydrogen-bond donors (Lipinski definition) is 3. The number of rotatable bonds is 12. The van der Waals surface area contributed by atoms with Crippen LogP contribution >= 0.6 is 0 Å². The molecule has 0 aliphatic rings. The van der Waals surface area contributed by atoms with Gasteiger partial charge in [0.1, 0.15) is 11.3 Å². The van der Waals surface area contributed by atoms with Crippen LogP contribution in [-0.2, 0) is 16.4 Å². The minimum Gasteiger partial charge on any atom is -0.497 e. The summed E-state index contributed by atoms with van der Waals surface area (Å²) in [7, 11) is -2.44. The molecule has 0 spiro atoms. The lowest BCUT2D eigenvalue weighted by Crippen LogP contribution is -2.51. The Morgan fingerprint density at radius 2 is 1.73 bits per heavy atom. The molecule has 0 aliphatic heterocycles. The predicted octanol–water partition coefficient (Wildman–Crippen LogP) is 4.07. The molecular formula is C30H35N3O6S. The van der Waals surface area contributed by atoms with Gasteiger partial charge in [-0.05, 0) is 66.4 Å². The fourth-order valence-electron chi connectivity index (χ4n) is 4.48. The number of fused-ring (bicyclic) bond motifs is 1. The molecule has 0 saturated heterocycles. The molecule has 40 heavy (non-hydrogen) atoms. The standard InChI is InChI=1S/C30H35N3O6S/c1-20(2)18-33(40(36,37)25-12-10-24(38-3)11-13-25)19-27(34)26(15-21-7-5-4-6-8-21)32-30(35)29-17-22-16-23(31)9-14-28(22)39-29/h4-14,16-17,20,26-27,34H,15,18-19,31H2,1-3H3,(H,32,35)/t26-,27+/m0/s1. The number of benzene rings is 3. The number of methoxy groups -OCH3 is 1. The molecule has 0 fully saturated rings. The van der Waals surface area contributed by atoms with Crippen molar-refractivity contribution >= 4 is 32.6 Å². The van der Waals surface area contributed by atoms with Crippen LogP contribution in [0.5, 0.6) is 5.75 Å². The molecule has 0 unspecified atom stereocenters. The number of nitrogens with two attached hydrogens (primary N) is 1. The number of carbonyl (C=O) groups is 1. The summed E-state index contributed by atoms with van der Waals surface area (Å²) in [4.78, 5) is 13.3. The molecule has 1 aromatic heterocycles. The summed E-state index contributed by atoms with van der Waals surface area (Å²) in [6.07, 6.45) is -0.949. The summed E-state index contributed by atoms with van der Waals surface area (Å²) >= 11 is 0. The molecule has 0 radical (unpaired) electrons. The lowest BCUT2D eigenvalue weighted by molar-refractivity contribution is 0.0756. The van der Waals surface area contributed by atoms with E-state index in [9.17, 15) is 18.3 Å². The van der Waals surface area contributed by atoms with Crippen molar-refractivity contribution in [3.63, 3.8) is 0 Å². The van der Waals surface area contributed by atoms with Crippen LogP contribution in [0.2, 0.25) is 0 Å². The summed E-state index contributed by atoms with van der Waals surface area (Å²) in [6.45, 7) is 3.77. The number of hydrogen-bond acceptors (Lipinski definition) is 7. The molecule has 0 bridgehead atoms. The van der Waals surface area contributed by atoms with Crippen molar-refractivity contribution in [2.75, 3.05) is 25.9 Å². The lowest BCUT2D eigenvalue weighted by Gasteiger charge is -2.30. The molecule has 9 nitrogen and oxygen atoms in total. The summed E-state index contributed by atoms with van der Waals surface area (Å²) in [5.41, 5.74) is 7.78. The number of nitrogens with one attached hydrogen (secondary N) is 1. The van der Waals surface area contributed by atoms with Gasteiger partial charge in [0.05, 0.1) is 24.2 Å². The van der Waals surface area contributed by atoms with Crippen molar-refractivity contribution < 1.29 is 27.5 Å². The number of nitrogens with zero attached hydrogens (tertiary/aromatic N) is 1. The van der Waals surface area contributed by atoms with Gasteiger partial charge in [0.2, 0.25) is 10.0 Å². The minimum absolute atomic E-state index is 0.00891. The maximum Gasteiger partial charge on any atom is 0.287 e. The van der Waals surface area contributed by atoms with Gasteiger partial charge in [-0.2, -0.15) is 4.31 Å². The third-order valence-corrected chi connectivity index (χ3v) is 8.35. The van der Waals surface area contributed by atoms with Gasteiger partial charge in [-0.15, -0.1) is 0 Å². The predicted molar refractivity (Wildman–Crippen MR) is 155 cm³/mol. The fraction of sp³-hybridized carbons (Fsp3) is 0.300. The Hall–Kier alpha value is -3.86. The van der Waals surface area contributed by atoms with Crippen LogP contribution in [-0.4, -0.2) is 56.1 Å². The molecule has 10 heteroatoms. The summed E-state index contributed by atoms with van der Waals surface area (Å²) < 4.78 is 39.4. The van der Waals surface area contributed by atoms with E-state index in [-0.39, 0.29) is 36.1 Å². The van der Waals surface area contributed by atoms with Crippen molar-refractivity contribution in [1.82, 2.24) is 9.62 Å². The van der Waals surface area contributed by atoms with E-state index in [0.717, 1.165) is 5.56 Å². The monoisotopic (exact) mass is 565 g/mol. The molecule has 3 aromatic carbocycles. The van der Waals surface area contributed by atoms with Crippen molar-refractivity contribution in [3.8, 4) is 5.75 Å². The Morgan fingerprint density at radius 1 is 1.02 bits per heavy atom. The van der Waals surface area contributed by atoms with Gasteiger partial charge in [0, 0.05) is 24.2 Å². The maximum atomic E-state index is 13.6. The Balaban J connectivity index is 1.60. The van der Waals surface area contributed by atoms with Crippen LogP contribution in [0.15, 0.2) is 88.2 Å². The largest absolute Gasteiger partial charge is 0.497 e. The zero-order valence-electron chi connectivity index (χ0n) is 22.8. The number of furan rings is 1. The first-order valence-corrected chi connectivity index (χ1v) is 14.5. The van der Waals surface area contributed by atoms with E-state index < -0.39 is 28.1 Å². The van der Waals surface area contributed by atoms with Gasteiger partial charge in [-0.3, -0.25) is 4.79 Å². The lowest BCUT2D eigenvalue weighted by atomic mass is 10.0. The number of carbonyl (C=O) groups excluding carboxylic acids is 1. The van der Waals surface area contributed by atoms with Gasteiger partial charge < -0.3 is 25.3 Å². The molecule has 1 amide bonds. The zero-order valence-corrected chi connectivity index (χ0v) is 23.6. The van der Waals surface area contributed by atoms with E-state index in [1.165, 1.54) is 23.5 Å². The molecule has 4 aromatic rings. The summed E-state index contributed by atoms with van der Waals surface area (Å²) in [5.74, 6) is 0.0672. The Morgan fingerprint density at radius 3 is 2.38 bits per heavy atom. The van der Waals surface area contributed by atoms with Gasteiger partial charge in [0.25, 0.3) is 5.91 Å². The number of ether oxygens (including phenoxy) is 1. The van der Waals surface area contributed by atoms with Crippen LogP contribution in [0.25, 0.3) is 11.0 Å². The third kappa shape index (κ3) is 7.01. The number of amides is 1. The second-order valence-corrected chi connectivity index (χ2v) is 12.1. The molecule has 4 N–H and O–H groups in total. The van der Waals surface area contributed by atoms with Crippen LogP contribution in [0.4, 0.5) is 5.69 Å². The average Bonchev–Trinajstić information content (AvgIpc) is 3.36. The van der Waals surface area contributed by atoms with Gasteiger partial charge in [-0.25, -0.2) is 8.42 Å². The number of sulfonamides is 1. The van der Waals surface area contributed by atoms with E-state index in [4.69, 9.17) is 14.9 Å². The highest BCUT2D eigenvalue weighted by atomic mass is 32.2. The smallest absolute Gasteiger partial charge is 0.287 e. The second kappa shape index (κ2) is 12.5. The van der Waals surface area contributed by atoms with E-state index in [2.05, 4.69) is 5.32 Å². The van der Waals surface area contributed by atoms with Crippen LogP contribution < -0.4 is 15.8 Å². The molecule has 0 aliphatic carbocycles. The maximum absolute atomic E-state index is 13.6. The molecule has 2 atom stereocenters. The van der Waals surface area contributed by atoms with Crippen LogP contribution in [0.1, 0.15) is 30.0 Å². The Bertz CT molecular complexity index is 1530. The third-order valence-electron chi connectivity index (χ3n) is 6.50. The van der Waals surface area contributed by atoms with E-state index in [0.29, 0.717) is 22.4 Å². The first kappa shape index (κ1) is 29.1. The molecular weight excluding hydrogens is 530 g/mol. The quantitative estimate of drug-likeness (QED) is 0.220. The normalized spacial score (nSPS) is 13.4. The summed E-state index contributed by atoms with van der Waals surface area (Å²) in [6, 6.07) is 21.3. The van der Waals surface area contributed by atoms with Gasteiger partial charge >= 0.3 is 0 Å². The van der Waals surface area contributed by atoms with E-state index in [1.54, 1.807) is 36.4 Å². The molecule has 212 valence electrons. The molecule has 1 heterocycles. The minimum atomic E-state index is -3.95. The second-order valence-electron chi connectivity index (χ2n) is 10.1. The highest BCUT2D eigenvalue weighted by Gasteiger charge is 2.32. The van der Waals surface area contributed by atoms with Gasteiger partial charge in [0.15, 0.2) is 5.76 Å². The zero-order chi connectivity index (χ0) is 28.9. The van der Waals surface area contributed by atoms with Crippen molar-refractivity contribution in [3.05, 3.63) is 90.2 Å². The number of aliphatic hydroxyl groups is 1. The van der Waals surface area contributed by atoms with Crippen molar-refractivity contribution in [1.29, 1.82) is 0 Å². The highest BCUT2D eigenvalue weighted by molar-refractivity contribution is 7.89. The van der Waals surface area contributed by atoms with E-state index in [1.807, 2.05) is 44.2 Å². The number of aliphatic hydroxyl groups excluding tert-OH is 1. The SMILES string of the molecule is COc1ccc(S(=O)(=O)N(CC(C)C)C[C@@H](O)[C@H](Cc2ccccc2)NC(=O)c2cc3cc(N)ccc3o2)cc1. The summed E-state index contributed by atoms with van der Waals surface area (Å²) in [5, 5.41) is 15.0. The van der Waals surface area contributed by atoms with E-state index >= 15 is 0 Å². The Labute approximate surface area is 234 Å². The Kier molecular flexibility index (Phi) is 9.14. The topological polar surface area (TPSA) is 135 Å². The number of anilines is 1. The van der Waals surface area contributed by atoms with Gasteiger partial charge in [-0.1, -0.05) is 44.2 Å². The first-order chi connectivity index (χ1) is 19.1. The molecule has 0 saturated carbocycles. The average molecular weight is 566 g/mol. The van der Waals surface area contributed by atoms with Crippen LogP contribution in [0.3, 0.4) is 0 Å². The van der Waals surface area contributed by atoms with Crippen molar-refractivity contribution in [2.45, 2.75) is 37.3 Å².